The predicted molar refractivity (Wildman–Crippen MR) is 299 cm³/mol. The summed E-state index contributed by atoms with van der Waals surface area (Å²) in [6, 6.07) is 60.8. The van der Waals surface area contributed by atoms with Crippen molar-refractivity contribution >= 4 is 17.1 Å². The number of hydrogen-bond donors (Lipinski definition) is 0. The van der Waals surface area contributed by atoms with Gasteiger partial charge in [0.15, 0.2) is 0 Å². The molecule has 0 N–H and O–H groups in total. The van der Waals surface area contributed by atoms with E-state index in [9.17, 15) is 0 Å². The number of rotatable bonds is 12. The van der Waals surface area contributed by atoms with E-state index in [0.717, 1.165) is 39.8 Å². The van der Waals surface area contributed by atoms with E-state index in [1.54, 1.807) is 0 Å². The molecule has 3 fully saturated rings. The molecule has 0 atom stereocenters. The van der Waals surface area contributed by atoms with Crippen LogP contribution in [0.25, 0.3) is 56.4 Å². The lowest BCUT2D eigenvalue weighted by Gasteiger charge is -2.31. The highest BCUT2D eigenvalue weighted by Crippen LogP contribution is 2.47. The van der Waals surface area contributed by atoms with Crippen LogP contribution in [0, 0.1) is 6.92 Å². The van der Waals surface area contributed by atoms with Crippen LogP contribution < -0.4 is 4.90 Å². The van der Waals surface area contributed by atoms with Crippen LogP contribution in [0.1, 0.15) is 136 Å². The van der Waals surface area contributed by atoms with Gasteiger partial charge in [0.2, 0.25) is 0 Å². The average Bonchev–Trinajstić information content (AvgIpc) is 4.16. The molecule has 2 aromatic heterocycles. The van der Waals surface area contributed by atoms with Gasteiger partial charge in [-0.1, -0.05) is 161 Å². The number of anilines is 3. The fourth-order valence-electron chi connectivity index (χ4n) is 12.9. The highest BCUT2D eigenvalue weighted by Gasteiger charge is 2.29. The van der Waals surface area contributed by atoms with Crippen molar-refractivity contribution in [1.29, 1.82) is 0 Å². The minimum Gasteiger partial charge on any atom is -0.310 e. The lowest BCUT2D eigenvalue weighted by atomic mass is 9.77. The minimum absolute atomic E-state index is 0.514. The molecule has 12 rings (SSSR count). The van der Waals surface area contributed by atoms with Crippen LogP contribution in [0.15, 0.2) is 189 Å². The first kappa shape index (κ1) is 45.9. The third-order valence-corrected chi connectivity index (χ3v) is 16.4. The summed E-state index contributed by atoms with van der Waals surface area (Å²) in [5.41, 5.74) is 19.0. The third-order valence-electron chi connectivity index (χ3n) is 16.4. The number of hydrogen-bond acceptors (Lipinski definition) is 3. The number of benzene rings is 7. The van der Waals surface area contributed by atoms with E-state index in [1.165, 1.54) is 152 Å². The summed E-state index contributed by atoms with van der Waals surface area (Å²) in [6.45, 7) is 2.29. The molecule has 0 saturated heterocycles. The summed E-state index contributed by atoms with van der Waals surface area (Å²) < 4.78 is 4.85. The van der Waals surface area contributed by atoms with Crippen LogP contribution in [0.4, 0.5) is 17.1 Å². The molecule has 3 saturated carbocycles. The zero-order valence-corrected chi connectivity index (χ0v) is 42.0. The molecule has 0 radical (unpaired) electrons. The Hall–Kier alpha value is -7.24. The second-order valence-electron chi connectivity index (χ2n) is 21.0. The Balaban J connectivity index is 0.958. The standard InChI is InChI=1S/C67H67N5/c1-48-42-56(49-22-8-2-9-23-49)45-61(51-26-12-4-13-27-51)64(48)70-40-38-68-66(70)54-32-20-36-59(43-54)72(58-34-18-7-19-35-58)60-37-21-33-55(44-60)67-69-39-41-71(67)65-62(52-28-14-5-15-29-52)46-57(50-24-10-3-11-25-50)47-63(65)53-30-16-6-17-31-53/h2-3,7-11,18-25,32-47,51-53H,4-6,12-17,26-31H2,1H3. The summed E-state index contributed by atoms with van der Waals surface area (Å²) in [5, 5.41) is 0. The SMILES string of the molecule is Cc1cc(-c2ccccc2)cc(C2CCCCC2)c1-n1ccnc1-c1cccc(N(c2ccccc2)c2cccc(-c3nccn3-c3c(C4CCCCC4)cc(-c4ccccc4)cc3C3CCCCC3)c2)c1. The first-order valence-electron chi connectivity index (χ1n) is 27.2. The first-order chi connectivity index (χ1) is 35.6. The number of nitrogens with zero attached hydrogens (tertiary/aromatic N) is 5. The zero-order chi connectivity index (χ0) is 48.2. The molecule has 5 nitrogen and oxygen atoms in total. The zero-order valence-electron chi connectivity index (χ0n) is 42.0. The lowest BCUT2D eigenvalue weighted by Crippen LogP contribution is -2.15. The quantitative estimate of drug-likeness (QED) is 0.122. The van der Waals surface area contributed by atoms with Gasteiger partial charge in [0, 0.05) is 53.0 Å². The van der Waals surface area contributed by atoms with E-state index < -0.39 is 0 Å². The third kappa shape index (κ3) is 9.26. The smallest absolute Gasteiger partial charge is 0.144 e. The van der Waals surface area contributed by atoms with Crippen molar-refractivity contribution in [2.45, 2.75) is 121 Å². The van der Waals surface area contributed by atoms with Gasteiger partial charge >= 0.3 is 0 Å². The van der Waals surface area contributed by atoms with Gasteiger partial charge in [0.1, 0.15) is 11.6 Å². The largest absolute Gasteiger partial charge is 0.310 e. The van der Waals surface area contributed by atoms with Crippen LogP contribution in [0.2, 0.25) is 0 Å². The number of imidazole rings is 2. The Morgan fingerprint density at radius 2 is 0.736 bits per heavy atom. The topological polar surface area (TPSA) is 38.9 Å². The Labute approximate surface area is 427 Å². The second-order valence-corrected chi connectivity index (χ2v) is 21.0. The Bertz CT molecular complexity index is 3220. The van der Waals surface area contributed by atoms with E-state index in [0.29, 0.717) is 17.8 Å². The molecule has 0 amide bonds. The Kier molecular flexibility index (Phi) is 13.3. The van der Waals surface area contributed by atoms with Crippen molar-refractivity contribution in [1.82, 2.24) is 19.1 Å². The van der Waals surface area contributed by atoms with Crippen molar-refractivity contribution in [3.63, 3.8) is 0 Å². The van der Waals surface area contributed by atoms with E-state index in [4.69, 9.17) is 9.97 Å². The maximum Gasteiger partial charge on any atom is 0.144 e. The molecular weight excluding hydrogens is 875 g/mol. The van der Waals surface area contributed by atoms with Gasteiger partial charge < -0.3 is 4.90 Å². The van der Waals surface area contributed by atoms with Gasteiger partial charge in [-0.15, -0.1) is 0 Å². The molecule has 3 aliphatic carbocycles. The van der Waals surface area contributed by atoms with E-state index in [-0.39, 0.29) is 0 Å². The van der Waals surface area contributed by atoms with Gasteiger partial charge in [-0.25, -0.2) is 9.97 Å². The maximum absolute atomic E-state index is 5.25. The van der Waals surface area contributed by atoms with Crippen LogP contribution >= 0.6 is 0 Å². The van der Waals surface area contributed by atoms with Crippen molar-refractivity contribution < 1.29 is 0 Å². The van der Waals surface area contributed by atoms with Gasteiger partial charge in [-0.3, -0.25) is 9.13 Å². The van der Waals surface area contributed by atoms with E-state index in [2.05, 4.69) is 197 Å². The van der Waals surface area contributed by atoms with Crippen molar-refractivity contribution in [3.05, 3.63) is 211 Å². The van der Waals surface area contributed by atoms with Crippen LogP contribution in [-0.4, -0.2) is 19.1 Å². The molecule has 9 aromatic rings. The lowest BCUT2D eigenvalue weighted by molar-refractivity contribution is 0.434. The summed E-state index contributed by atoms with van der Waals surface area (Å²) in [6.07, 6.45) is 27.5. The number of para-hydroxylation sites is 1. The molecule has 0 bridgehead atoms. The molecular formula is C67H67N5. The van der Waals surface area contributed by atoms with Crippen molar-refractivity contribution in [2.75, 3.05) is 4.90 Å². The van der Waals surface area contributed by atoms with Gasteiger partial charge in [-0.05, 0) is 168 Å². The molecule has 2 heterocycles. The van der Waals surface area contributed by atoms with Crippen molar-refractivity contribution in [3.8, 4) is 56.4 Å². The van der Waals surface area contributed by atoms with Crippen LogP contribution in [0.3, 0.4) is 0 Å². The minimum atomic E-state index is 0.514. The molecule has 0 aliphatic heterocycles. The normalized spacial score (nSPS) is 16.0. The number of aryl methyl sites for hydroxylation is 1. The van der Waals surface area contributed by atoms with E-state index in [1.807, 2.05) is 12.4 Å². The molecule has 0 spiro atoms. The second kappa shape index (κ2) is 20.8. The predicted octanol–water partition coefficient (Wildman–Crippen LogP) is 18.6. The monoisotopic (exact) mass is 942 g/mol. The van der Waals surface area contributed by atoms with Gasteiger partial charge in [-0.2, -0.15) is 0 Å². The molecule has 72 heavy (non-hydrogen) atoms. The summed E-state index contributed by atoms with van der Waals surface area (Å²) in [5.74, 6) is 3.50. The Morgan fingerprint density at radius 1 is 0.361 bits per heavy atom. The molecule has 0 unspecified atom stereocenters. The summed E-state index contributed by atoms with van der Waals surface area (Å²) in [4.78, 5) is 12.8. The number of aromatic nitrogens is 4. The summed E-state index contributed by atoms with van der Waals surface area (Å²) in [7, 11) is 0. The summed E-state index contributed by atoms with van der Waals surface area (Å²) >= 11 is 0. The molecule has 360 valence electrons. The fraction of sp³-hybridized carbons (Fsp3) is 0.284. The highest BCUT2D eigenvalue weighted by molar-refractivity contribution is 5.82. The van der Waals surface area contributed by atoms with Gasteiger partial charge in [0.05, 0.1) is 11.4 Å². The molecule has 7 aromatic carbocycles. The molecule has 3 aliphatic rings. The highest BCUT2D eigenvalue weighted by atomic mass is 15.1. The molecule has 5 heteroatoms. The first-order valence-corrected chi connectivity index (χ1v) is 27.2. The van der Waals surface area contributed by atoms with Gasteiger partial charge in [0.25, 0.3) is 0 Å². The van der Waals surface area contributed by atoms with E-state index >= 15 is 0 Å². The Morgan fingerprint density at radius 3 is 1.19 bits per heavy atom. The van der Waals surface area contributed by atoms with Crippen molar-refractivity contribution in [2.24, 2.45) is 0 Å². The maximum atomic E-state index is 5.25. The van der Waals surface area contributed by atoms with Crippen LogP contribution in [-0.2, 0) is 0 Å². The average molecular weight is 942 g/mol. The van der Waals surface area contributed by atoms with Crippen LogP contribution in [0.5, 0.6) is 0 Å². The fourth-order valence-corrected chi connectivity index (χ4v) is 12.9.